The van der Waals surface area contributed by atoms with E-state index >= 15 is 0 Å². The number of phenolic OH excluding ortho intramolecular Hbond substituents is 1. The largest absolute Gasteiger partial charge is 0.507 e. The maximum absolute atomic E-state index is 10.4. The lowest BCUT2D eigenvalue weighted by Crippen LogP contribution is -2.07. The Labute approximate surface area is 225 Å². The Morgan fingerprint density at radius 1 is 0.711 bits per heavy atom. The number of para-hydroxylation sites is 2. The zero-order valence-corrected chi connectivity index (χ0v) is 21.0. The number of aromatic hydroxyl groups is 1. The number of anilines is 5. The first-order valence-electron chi connectivity index (χ1n) is 11.9. The molecule has 38 heavy (non-hydrogen) atoms. The number of halogens is 1. The van der Waals surface area contributed by atoms with Gasteiger partial charge in [0.1, 0.15) is 5.75 Å². The highest BCUT2D eigenvalue weighted by atomic mass is 35.5. The van der Waals surface area contributed by atoms with Crippen LogP contribution in [0.4, 0.5) is 29.2 Å². The van der Waals surface area contributed by atoms with E-state index in [4.69, 9.17) is 11.6 Å². The van der Waals surface area contributed by atoms with Crippen molar-refractivity contribution in [3.8, 4) is 5.75 Å². The van der Waals surface area contributed by atoms with Gasteiger partial charge < -0.3 is 15.7 Å². The number of benzene rings is 4. The van der Waals surface area contributed by atoms with Gasteiger partial charge in [0.25, 0.3) is 0 Å². The molecular formula is C29H24ClN7O. The molecule has 4 aromatic carbocycles. The van der Waals surface area contributed by atoms with Crippen LogP contribution in [0.25, 0.3) is 0 Å². The number of aromatic nitrogens is 3. The summed E-state index contributed by atoms with van der Waals surface area (Å²) in [5.74, 6) is 1.01. The fourth-order valence-corrected chi connectivity index (χ4v) is 3.88. The Morgan fingerprint density at radius 2 is 1.29 bits per heavy atom. The van der Waals surface area contributed by atoms with Crippen molar-refractivity contribution >= 4 is 47.0 Å². The van der Waals surface area contributed by atoms with E-state index in [1.165, 1.54) is 6.21 Å². The van der Waals surface area contributed by atoms with Crippen LogP contribution in [0.2, 0.25) is 5.02 Å². The molecule has 4 N–H and O–H groups in total. The Hall–Kier alpha value is -4.95. The standard InChI is InChI=1S/C29H24ClN7O/c30-25-14-8-7-9-21(25)17-20-15-16-26(38)22(18-20)19-31-37-29-35-27(32-23-10-3-1-4-11-23)34-28(36-29)33-24-12-5-2-6-13-24/h1-16,18-19,38H,17H2,(H3,32,33,34,35,36,37). The zero-order chi connectivity index (χ0) is 26.2. The predicted octanol–water partition coefficient (Wildman–Crippen LogP) is 6.75. The molecule has 0 aliphatic heterocycles. The normalized spacial score (nSPS) is 10.9. The molecule has 0 saturated carbocycles. The van der Waals surface area contributed by atoms with Gasteiger partial charge in [0.05, 0.1) is 6.21 Å². The van der Waals surface area contributed by atoms with Gasteiger partial charge in [0, 0.05) is 22.0 Å². The number of rotatable bonds is 9. The van der Waals surface area contributed by atoms with Crippen LogP contribution in [0.1, 0.15) is 16.7 Å². The van der Waals surface area contributed by atoms with Crippen LogP contribution < -0.4 is 16.1 Å². The Balaban J connectivity index is 1.36. The van der Waals surface area contributed by atoms with Gasteiger partial charge in [-0.15, -0.1) is 0 Å². The smallest absolute Gasteiger partial charge is 0.250 e. The van der Waals surface area contributed by atoms with Crippen molar-refractivity contribution in [3.05, 3.63) is 125 Å². The van der Waals surface area contributed by atoms with Crippen LogP contribution in [-0.4, -0.2) is 26.3 Å². The second-order valence-electron chi connectivity index (χ2n) is 8.32. The summed E-state index contributed by atoms with van der Waals surface area (Å²) >= 11 is 6.31. The lowest BCUT2D eigenvalue weighted by molar-refractivity contribution is 0.474. The summed E-state index contributed by atoms with van der Waals surface area (Å²) in [6.45, 7) is 0. The van der Waals surface area contributed by atoms with E-state index in [9.17, 15) is 5.11 Å². The van der Waals surface area contributed by atoms with E-state index in [1.54, 1.807) is 6.07 Å². The molecule has 0 spiro atoms. The molecule has 0 unspecified atom stereocenters. The highest BCUT2D eigenvalue weighted by Crippen LogP contribution is 2.23. The van der Waals surface area contributed by atoms with Crippen LogP contribution in [0.15, 0.2) is 108 Å². The van der Waals surface area contributed by atoms with Crippen LogP contribution in [0.5, 0.6) is 5.75 Å². The summed E-state index contributed by atoms with van der Waals surface area (Å²) in [7, 11) is 0. The molecule has 188 valence electrons. The van der Waals surface area contributed by atoms with Crippen molar-refractivity contribution in [1.29, 1.82) is 0 Å². The fraction of sp³-hybridized carbons (Fsp3) is 0.0345. The number of nitrogens with one attached hydrogen (secondary N) is 3. The number of phenols is 1. The molecule has 9 heteroatoms. The van der Waals surface area contributed by atoms with Gasteiger partial charge in [-0.05, 0) is 60.0 Å². The molecule has 0 aliphatic rings. The van der Waals surface area contributed by atoms with Gasteiger partial charge in [-0.1, -0.05) is 72.3 Å². The number of nitrogens with zero attached hydrogens (tertiary/aromatic N) is 4. The summed E-state index contributed by atoms with van der Waals surface area (Å²) in [5, 5.41) is 21.7. The Kier molecular flexibility index (Phi) is 7.72. The first kappa shape index (κ1) is 24.7. The van der Waals surface area contributed by atoms with E-state index in [1.807, 2.05) is 97.1 Å². The summed E-state index contributed by atoms with van der Waals surface area (Å²) in [4.78, 5) is 13.3. The van der Waals surface area contributed by atoms with Crippen molar-refractivity contribution in [2.24, 2.45) is 5.10 Å². The first-order valence-corrected chi connectivity index (χ1v) is 12.2. The molecule has 0 atom stereocenters. The molecule has 1 heterocycles. The van der Waals surface area contributed by atoms with Gasteiger partial charge in [-0.3, -0.25) is 0 Å². The monoisotopic (exact) mass is 521 g/mol. The highest BCUT2D eigenvalue weighted by Gasteiger charge is 2.08. The minimum Gasteiger partial charge on any atom is -0.507 e. The van der Waals surface area contributed by atoms with Crippen LogP contribution in [-0.2, 0) is 6.42 Å². The summed E-state index contributed by atoms with van der Waals surface area (Å²) in [5.41, 5.74) is 7.04. The quantitative estimate of drug-likeness (QED) is 0.125. The van der Waals surface area contributed by atoms with Gasteiger partial charge in [0.15, 0.2) is 0 Å². The second kappa shape index (κ2) is 11.9. The number of hydrazone groups is 1. The molecule has 8 nitrogen and oxygen atoms in total. The average molecular weight is 522 g/mol. The third-order valence-corrected chi connectivity index (χ3v) is 5.88. The van der Waals surface area contributed by atoms with Gasteiger partial charge in [-0.25, -0.2) is 5.43 Å². The van der Waals surface area contributed by atoms with Crippen LogP contribution in [0, 0.1) is 0 Å². The molecule has 5 rings (SSSR count). The Morgan fingerprint density at radius 3 is 1.92 bits per heavy atom. The minimum atomic E-state index is 0.104. The third kappa shape index (κ3) is 6.63. The van der Waals surface area contributed by atoms with Crippen molar-refractivity contribution in [2.75, 3.05) is 16.1 Å². The first-order chi connectivity index (χ1) is 18.6. The van der Waals surface area contributed by atoms with E-state index in [0.717, 1.165) is 22.5 Å². The van der Waals surface area contributed by atoms with E-state index < -0.39 is 0 Å². The predicted molar refractivity (Wildman–Crippen MR) is 153 cm³/mol. The maximum Gasteiger partial charge on any atom is 0.250 e. The lowest BCUT2D eigenvalue weighted by Gasteiger charge is -2.10. The zero-order valence-electron chi connectivity index (χ0n) is 20.2. The molecule has 5 aromatic rings. The topological polar surface area (TPSA) is 107 Å². The molecule has 0 amide bonds. The lowest BCUT2D eigenvalue weighted by atomic mass is 10.0. The molecule has 0 saturated heterocycles. The van der Waals surface area contributed by atoms with Crippen LogP contribution in [0.3, 0.4) is 0 Å². The highest BCUT2D eigenvalue weighted by molar-refractivity contribution is 6.31. The number of hydrogen-bond donors (Lipinski definition) is 4. The fourth-order valence-electron chi connectivity index (χ4n) is 3.68. The van der Waals surface area contributed by atoms with E-state index in [-0.39, 0.29) is 11.7 Å². The van der Waals surface area contributed by atoms with Crippen molar-refractivity contribution in [1.82, 2.24) is 15.0 Å². The third-order valence-electron chi connectivity index (χ3n) is 5.51. The summed E-state index contributed by atoms with van der Waals surface area (Å²) in [6, 6.07) is 32.2. The minimum absolute atomic E-state index is 0.104. The molecule has 0 fully saturated rings. The summed E-state index contributed by atoms with van der Waals surface area (Å²) in [6.07, 6.45) is 2.15. The molecular weight excluding hydrogens is 498 g/mol. The van der Waals surface area contributed by atoms with Gasteiger partial charge in [0.2, 0.25) is 17.8 Å². The number of hydrogen-bond acceptors (Lipinski definition) is 8. The summed E-state index contributed by atoms with van der Waals surface area (Å²) < 4.78 is 0. The van der Waals surface area contributed by atoms with Gasteiger partial charge >= 0.3 is 0 Å². The molecule has 0 aliphatic carbocycles. The van der Waals surface area contributed by atoms with Crippen molar-refractivity contribution in [2.45, 2.75) is 6.42 Å². The van der Waals surface area contributed by atoms with Crippen LogP contribution >= 0.6 is 11.6 Å². The average Bonchev–Trinajstić information content (AvgIpc) is 2.93. The molecule has 0 bridgehead atoms. The Bertz CT molecular complexity index is 1490. The van der Waals surface area contributed by atoms with Crippen molar-refractivity contribution in [3.63, 3.8) is 0 Å². The second-order valence-corrected chi connectivity index (χ2v) is 8.73. The van der Waals surface area contributed by atoms with E-state index in [0.29, 0.717) is 28.9 Å². The van der Waals surface area contributed by atoms with Gasteiger partial charge in [-0.2, -0.15) is 20.1 Å². The molecule has 0 radical (unpaired) electrons. The molecule has 1 aromatic heterocycles. The maximum atomic E-state index is 10.4. The van der Waals surface area contributed by atoms with E-state index in [2.05, 4.69) is 36.1 Å². The SMILES string of the molecule is Oc1ccc(Cc2ccccc2Cl)cc1C=NNc1nc(Nc2ccccc2)nc(Nc2ccccc2)n1. The van der Waals surface area contributed by atoms with Crippen molar-refractivity contribution < 1.29 is 5.11 Å².